The van der Waals surface area contributed by atoms with Crippen LogP contribution in [-0.2, 0) is 0 Å². The van der Waals surface area contributed by atoms with Gasteiger partial charge >= 0.3 is 0 Å². The van der Waals surface area contributed by atoms with Gasteiger partial charge in [-0.25, -0.2) is 14.4 Å². The van der Waals surface area contributed by atoms with E-state index in [1.54, 1.807) is 6.92 Å². The zero-order valence-corrected chi connectivity index (χ0v) is 12.0. The number of benzene rings is 2. The smallest absolute Gasteiger partial charge is 0.147 e. The molecule has 1 N–H and O–H groups in total. The third-order valence-electron chi connectivity index (χ3n) is 2.94. The number of aromatic nitrogens is 2. The number of hydrogen-bond acceptors (Lipinski definition) is 3. The van der Waals surface area contributed by atoms with E-state index >= 15 is 0 Å². The zero-order valence-electron chi connectivity index (χ0n) is 9.71. The Kier molecular flexibility index (Phi) is 2.83. The van der Waals surface area contributed by atoms with Crippen LogP contribution in [0, 0.1) is 12.7 Å². The lowest BCUT2D eigenvalue weighted by molar-refractivity contribution is 0.476. The molecule has 0 bridgehead atoms. The minimum absolute atomic E-state index is 0.0399. The minimum Gasteiger partial charge on any atom is -0.505 e. The Labute approximate surface area is 121 Å². The van der Waals surface area contributed by atoms with Crippen molar-refractivity contribution < 1.29 is 9.50 Å². The molecule has 3 rings (SSSR count). The first-order chi connectivity index (χ1) is 8.99. The van der Waals surface area contributed by atoms with Crippen molar-refractivity contribution in [3.63, 3.8) is 0 Å². The van der Waals surface area contributed by atoms with Crippen LogP contribution in [0.15, 0.2) is 22.7 Å². The van der Waals surface area contributed by atoms with Gasteiger partial charge in [0.1, 0.15) is 22.6 Å². The molecule has 0 aliphatic rings. The molecule has 0 unspecified atom stereocenters. The summed E-state index contributed by atoms with van der Waals surface area (Å²) in [6.07, 6.45) is 0. The Hall–Kier alpha value is -1.46. The quantitative estimate of drug-likeness (QED) is 0.618. The molecule has 6 heteroatoms. The Morgan fingerprint density at radius 3 is 2.63 bits per heavy atom. The lowest BCUT2D eigenvalue weighted by Crippen LogP contribution is -1.92. The molecule has 1 aromatic heterocycles. The summed E-state index contributed by atoms with van der Waals surface area (Å²) in [6, 6.07) is 4.12. The summed E-state index contributed by atoms with van der Waals surface area (Å²) in [6.45, 7) is 1.68. The van der Waals surface area contributed by atoms with Gasteiger partial charge in [-0.3, -0.25) is 0 Å². The summed E-state index contributed by atoms with van der Waals surface area (Å²) in [5.74, 6) is -0.438. The molecule has 3 aromatic rings. The molecule has 0 aliphatic carbocycles. The zero-order chi connectivity index (χ0) is 13.7. The molecule has 2 aromatic carbocycles. The minimum atomic E-state index is -0.398. The van der Waals surface area contributed by atoms with Crippen LogP contribution in [0.4, 0.5) is 4.39 Å². The Bertz CT molecular complexity index is 838. The highest BCUT2D eigenvalue weighted by Gasteiger charge is 2.16. The molecule has 0 radical (unpaired) electrons. The van der Waals surface area contributed by atoms with Crippen molar-refractivity contribution in [2.75, 3.05) is 0 Å². The molecule has 0 spiro atoms. The van der Waals surface area contributed by atoms with Gasteiger partial charge in [0.25, 0.3) is 0 Å². The third-order valence-corrected chi connectivity index (χ3v) is 4.41. The van der Waals surface area contributed by atoms with E-state index in [1.165, 1.54) is 18.2 Å². The van der Waals surface area contributed by atoms with Crippen LogP contribution in [0.1, 0.15) is 5.56 Å². The molecule has 3 nitrogen and oxygen atoms in total. The predicted octanol–water partition coefficient (Wildman–Crippen LogP) is 4.35. The van der Waals surface area contributed by atoms with Gasteiger partial charge in [-0.05, 0) is 35.0 Å². The number of fused-ring (bicyclic) bond motifs is 2. The first-order valence-corrected chi connectivity index (χ1v) is 6.59. The van der Waals surface area contributed by atoms with Gasteiger partial charge in [-0.15, -0.1) is 0 Å². The molecule has 1 heterocycles. The van der Waals surface area contributed by atoms with Gasteiger partial charge in [0, 0.05) is 11.6 Å². The van der Waals surface area contributed by atoms with Crippen LogP contribution in [-0.4, -0.2) is 15.1 Å². The van der Waals surface area contributed by atoms with Crippen molar-refractivity contribution in [1.82, 2.24) is 9.97 Å². The first kappa shape index (κ1) is 12.6. The van der Waals surface area contributed by atoms with Crippen LogP contribution in [0.5, 0.6) is 5.75 Å². The first-order valence-electron chi connectivity index (χ1n) is 5.42. The molecule has 0 amide bonds. The Morgan fingerprint density at radius 1 is 1.21 bits per heavy atom. The molecule has 0 saturated carbocycles. The number of rotatable bonds is 0. The second-order valence-electron chi connectivity index (χ2n) is 4.16. The number of nitrogens with zero attached hydrogens (tertiary/aromatic N) is 2. The average molecular weight is 342 g/mol. The van der Waals surface area contributed by atoms with E-state index in [9.17, 15) is 9.50 Å². The van der Waals surface area contributed by atoms with Gasteiger partial charge in [0.15, 0.2) is 0 Å². The van der Waals surface area contributed by atoms with Crippen LogP contribution in [0.2, 0.25) is 5.02 Å². The standard InChI is InChI=1S/C13H7BrClFN2O/c1-5-10(15)9(14)11-12(13(5)19)18-8-4-6(16)2-3-7(8)17-11/h2-4,19H,1H3. The highest BCUT2D eigenvalue weighted by molar-refractivity contribution is 9.10. The summed E-state index contributed by atoms with van der Waals surface area (Å²) >= 11 is 9.45. The fraction of sp³-hybridized carbons (Fsp3) is 0.0769. The largest absolute Gasteiger partial charge is 0.505 e. The normalized spacial score (nSPS) is 11.4. The van der Waals surface area contributed by atoms with E-state index in [4.69, 9.17) is 11.6 Å². The topological polar surface area (TPSA) is 46.0 Å². The molecule has 0 atom stereocenters. The molecule has 0 aliphatic heterocycles. The van der Waals surface area contributed by atoms with Gasteiger partial charge < -0.3 is 5.11 Å². The van der Waals surface area contributed by atoms with Gasteiger partial charge in [-0.2, -0.15) is 0 Å². The lowest BCUT2D eigenvalue weighted by atomic mass is 10.1. The van der Waals surface area contributed by atoms with Crippen molar-refractivity contribution in [2.24, 2.45) is 0 Å². The van der Waals surface area contributed by atoms with E-state index in [1.807, 2.05) is 0 Å². The Morgan fingerprint density at radius 2 is 1.89 bits per heavy atom. The number of halogens is 3. The van der Waals surface area contributed by atoms with Gasteiger partial charge in [0.2, 0.25) is 0 Å². The number of phenols is 1. The summed E-state index contributed by atoms with van der Waals surface area (Å²) in [5.41, 5.74) is 2.18. The monoisotopic (exact) mass is 340 g/mol. The average Bonchev–Trinajstić information content (AvgIpc) is 2.41. The van der Waals surface area contributed by atoms with Crippen LogP contribution >= 0.6 is 27.5 Å². The molecule has 19 heavy (non-hydrogen) atoms. The molecule has 0 fully saturated rings. The maximum atomic E-state index is 13.2. The maximum Gasteiger partial charge on any atom is 0.147 e. The molecule has 0 saturated heterocycles. The van der Waals surface area contributed by atoms with Crippen molar-refractivity contribution in [2.45, 2.75) is 6.92 Å². The number of aromatic hydroxyl groups is 1. The SMILES string of the molecule is Cc1c(Cl)c(Br)c2nc3ccc(F)cc3nc2c1O. The summed E-state index contributed by atoms with van der Waals surface area (Å²) in [5, 5.41) is 10.5. The van der Waals surface area contributed by atoms with E-state index in [0.29, 0.717) is 37.1 Å². The van der Waals surface area contributed by atoms with Crippen molar-refractivity contribution in [3.05, 3.63) is 39.1 Å². The highest BCUT2D eigenvalue weighted by Crippen LogP contribution is 2.39. The highest BCUT2D eigenvalue weighted by atomic mass is 79.9. The number of phenolic OH excluding ortho intramolecular Hbond substituents is 1. The molecular formula is C13H7BrClFN2O. The lowest BCUT2D eigenvalue weighted by Gasteiger charge is -2.09. The fourth-order valence-electron chi connectivity index (χ4n) is 1.90. The Balaban J connectivity index is 2.55. The van der Waals surface area contributed by atoms with E-state index in [0.717, 1.165) is 0 Å². The summed E-state index contributed by atoms with van der Waals surface area (Å²) < 4.78 is 13.8. The summed E-state index contributed by atoms with van der Waals surface area (Å²) in [7, 11) is 0. The van der Waals surface area contributed by atoms with Crippen molar-refractivity contribution >= 4 is 49.6 Å². The summed E-state index contributed by atoms with van der Waals surface area (Å²) in [4.78, 5) is 8.62. The van der Waals surface area contributed by atoms with Crippen LogP contribution in [0.25, 0.3) is 22.1 Å². The maximum absolute atomic E-state index is 13.2. The van der Waals surface area contributed by atoms with E-state index in [2.05, 4.69) is 25.9 Å². The second kappa shape index (κ2) is 4.28. The van der Waals surface area contributed by atoms with Crippen LogP contribution in [0.3, 0.4) is 0 Å². The fourth-order valence-corrected chi connectivity index (χ4v) is 2.65. The van der Waals surface area contributed by atoms with Gasteiger partial charge in [-0.1, -0.05) is 11.6 Å². The molecular weight excluding hydrogens is 335 g/mol. The van der Waals surface area contributed by atoms with E-state index < -0.39 is 5.82 Å². The predicted molar refractivity (Wildman–Crippen MR) is 76.1 cm³/mol. The number of hydrogen-bond donors (Lipinski definition) is 1. The van der Waals surface area contributed by atoms with Crippen molar-refractivity contribution in [3.8, 4) is 5.75 Å². The third kappa shape index (κ3) is 1.84. The van der Waals surface area contributed by atoms with E-state index in [-0.39, 0.29) is 5.75 Å². The van der Waals surface area contributed by atoms with Gasteiger partial charge in [0.05, 0.1) is 20.5 Å². The van der Waals surface area contributed by atoms with Crippen LogP contribution < -0.4 is 0 Å². The van der Waals surface area contributed by atoms with Crippen molar-refractivity contribution in [1.29, 1.82) is 0 Å². The molecule has 96 valence electrons. The second-order valence-corrected chi connectivity index (χ2v) is 5.33.